The Hall–Kier alpha value is -2.36. The maximum Gasteiger partial charge on any atom is 0.262 e. The number of aromatic nitrogens is 2. The molecule has 0 aliphatic carbocycles. The zero-order chi connectivity index (χ0) is 20.9. The molecule has 0 amide bonds. The number of nitrogens with one attached hydrogen (secondary N) is 1. The van der Waals surface area contributed by atoms with Gasteiger partial charge in [0.1, 0.15) is 5.75 Å². The van der Waals surface area contributed by atoms with Crippen LogP contribution in [0.1, 0.15) is 12.0 Å². The van der Waals surface area contributed by atoms with Crippen LogP contribution in [0.5, 0.6) is 5.75 Å². The molecule has 1 heterocycles. The molecule has 0 atom stereocenters. The van der Waals surface area contributed by atoms with Crippen LogP contribution in [0.3, 0.4) is 0 Å². The Labute approximate surface area is 174 Å². The molecular formula is C20H23N3O4S2. The Balaban J connectivity index is 1.89. The van der Waals surface area contributed by atoms with Crippen molar-refractivity contribution in [3.05, 3.63) is 64.4 Å². The highest BCUT2D eigenvalue weighted by Crippen LogP contribution is 2.20. The first-order chi connectivity index (χ1) is 13.9. The molecule has 2 aromatic carbocycles. The van der Waals surface area contributed by atoms with Gasteiger partial charge in [0.15, 0.2) is 5.16 Å². The van der Waals surface area contributed by atoms with Crippen molar-refractivity contribution in [3.8, 4) is 5.75 Å². The molecular weight excluding hydrogens is 410 g/mol. The van der Waals surface area contributed by atoms with Crippen LogP contribution in [0.4, 0.5) is 0 Å². The summed E-state index contributed by atoms with van der Waals surface area (Å²) in [7, 11) is -0.237. The molecule has 0 fully saturated rings. The van der Waals surface area contributed by atoms with Gasteiger partial charge in [-0.25, -0.2) is 18.1 Å². The summed E-state index contributed by atoms with van der Waals surface area (Å²) in [5.74, 6) is 1.32. The van der Waals surface area contributed by atoms with Crippen molar-refractivity contribution in [2.75, 3.05) is 25.7 Å². The molecule has 29 heavy (non-hydrogen) atoms. The van der Waals surface area contributed by atoms with Gasteiger partial charge < -0.3 is 4.74 Å². The number of nitrogens with zero attached hydrogens (tertiary/aromatic N) is 2. The lowest BCUT2D eigenvalue weighted by Gasteiger charge is -2.13. The molecule has 0 saturated heterocycles. The molecule has 0 spiro atoms. The monoisotopic (exact) mass is 433 g/mol. The number of para-hydroxylation sites is 1. The second kappa shape index (κ2) is 9.43. The first-order valence-corrected chi connectivity index (χ1v) is 11.7. The number of benzene rings is 2. The number of fused-ring (bicyclic) bond motifs is 1. The van der Waals surface area contributed by atoms with Gasteiger partial charge in [0, 0.05) is 5.75 Å². The van der Waals surface area contributed by atoms with Crippen molar-refractivity contribution in [2.24, 2.45) is 0 Å². The van der Waals surface area contributed by atoms with Crippen molar-refractivity contribution in [2.45, 2.75) is 18.1 Å². The highest BCUT2D eigenvalue weighted by molar-refractivity contribution is 7.99. The Morgan fingerprint density at radius 2 is 1.86 bits per heavy atom. The second-order valence-corrected chi connectivity index (χ2v) is 9.48. The summed E-state index contributed by atoms with van der Waals surface area (Å²) in [5, 5.41) is 1.13. The van der Waals surface area contributed by atoms with Crippen LogP contribution < -0.4 is 15.0 Å². The Bertz CT molecular complexity index is 1140. The summed E-state index contributed by atoms with van der Waals surface area (Å²) >= 11 is 1.39. The van der Waals surface area contributed by atoms with Gasteiger partial charge in [-0.2, -0.15) is 0 Å². The van der Waals surface area contributed by atoms with E-state index in [1.807, 2.05) is 42.5 Å². The normalized spacial score (nSPS) is 11.7. The zero-order valence-electron chi connectivity index (χ0n) is 16.3. The smallest absolute Gasteiger partial charge is 0.262 e. The van der Waals surface area contributed by atoms with Gasteiger partial charge >= 0.3 is 0 Å². The van der Waals surface area contributed by atoms with Crippen LogP contribution >= 0.6 is 11.8 Å². The molecule has 0 radical (unpaired) electrons. The van der Waals surface area contributed by atoms with E-state index < -0.39 is 10.0 Å². The number of hydrogen-bond donors (Lipinski definition) is 1. The number of hydrogen-bond acceptors (Lipinski definition) is 6. The summed E-state index contributed by atoms with van der Waals surface area (Å²) in [6, 6.07) is 14.8. The lowest BCUT2D eigenvalue weighted by Crippen LogP contribution is -2.24. The van der Waals surface area contributed by atoms with Crippen LogP contribution in [0.15, 0.2) is 58.5 Å². The molecule has 3 aromatic rings. The van der Waals surface area contributed by atoms with Crippen LogP contribution in [-0.4, -0.2) is 43.6 Å². The molecule has 9 heteroatoms. The van der Waals surface area contributed by atoms with Crippen LogP contribution in [0.25, 0.3) is 10.9 Å². The van der Waals surface area contributed by atoms with Crippen LogP contribution in [0.2, 0.25) is 0 Å². The summed E-state index contributed by atoms with van der Waals surface area (Å²) in [6.45, 7) is 0.373. The average molecular weight is 434 g/mol. The number of rotatable bonds is 9. The van der Waals surface area contributed by atoms with E-state index in [0.717, 1.165) is 11.3 Å². The van der Waals surface area contributed by atoms with Gasteiger partial charge in [-0.15, -0.1) is 0 Å². The fourth-order valence-corrected chi connectivity index (χ4v) is 4.67. The number of ether oxygens (including phenoxy) is 1. The third kappa shape index (κ3) is 5.37. The highest BCUT2D eigenvalue weighted by atomic mass is 32.2. The summed E-state index contributed by atoms with van der Waals surface area (Å²) in [5.41, 5.74) is 1.47. The van der Waals surface area contributed by atoms with E-state index in [4.69, 9.17) is 4.74 Å². The van der Waals surface area contributed by atoms with Gasteiger partial charge in [0.25, 0.3) is 5.56 Å². The van der Waals surface area contributed by atoms with Gasteiger partial charge in [-0.1, -0.05) is 36.0 Å². The molecule has 0 unspecified atom stereocenters. The third-order valence-electron chi connectivity index (χ3n) is 4.43. The lowest BCUT2D eigenvalue weighted by molar-refractivity contribution is 0.414. The molecule has 0 saturated carbocycles. The van der Waals surface area contributed by atoms with E-state index >= 15 is 0 Å². The largest absolute Gasteiger partial charge is 0.497 e. The summed E-state index contributed by atoms with van der Waals surface area (Å²) in [4.78, 5) is 17.8. The van der Waals surface area contributed by atoms with E-state index in [9.17, 15) is 13.2 Å². The van der Waals surface area contributed by atoms with Crippen LogP contribution in [0, 0.1) is 0 Å². The fraction of sp³-hybridized carbons (Fsp3) is 0.300. The number of thioether (sulfide) groups is 1. The van der Waals surface area contributed by atoms with Gasteiger partial charge in [0.2, 0.25) is 10.0 Å². The quantitative estimate of drug-likeness (QED) is 0.317. The highest BCUT2D eigenvalue weighted by Gasteiger charge is 2.13. The van der Waals surface area contributed by atoms with Crippen molar-refractivity contribution < 1.29 is 13.2 Å². The Morgan fingerprint density at radius 3 is 2.55 bits per heavy atom. The molecule has 154 valence electrons. The minimum atomic E-state index is -3.25. The zero-order valence-corrected chi connectivity index (χ0v) is 17.9. The SMILES string of the molecule is CNS(=O)(=O)CCCSc1nc2ccccc2c(=O)n1Cc1ccc(OC)cc1. The van der Waals surface area contributed by atoms with Gasteiger partial charge in [0.05, 0.1) is 30.3 Å². The van der Waals surface area contributed by atoms with Crippen molar-refractivity contribution >= 4 is 32.7 Å². The Morgan fingerprint density at radius 1 is 1.14 bits per heavy atom. The molecule has 7 nitrogen and oxygen atoms in total. The molecule has 0 aliphatic heterocycles. The number of methoxy groups -OCH3 is 1. The summed E-state index contributed by atoms with van der Waals surface area (Å²) in [6.07, 6.45) is 0.457. The first-order valence-electron chi connectivity index (χ1n) is 9.10. The van der Waals surface area contributed by atoms with Crippen molar-refractivity contribution in [1.82, 2.24) is 14.3 Å². The molecule has 0 bridgehead atoms. The predicted molar refractivity (Wildman–Crippen MR) is 116 cm³/mol. The lowest BCUT2D eigenvalue weighted by atomic mass is 10.2. The average Bonchev–Trinajstić information content (AvgIpc) is 2.74. The van der Waals surface area contributed by atoms with E-state index in [-0.39, 0.29) is 11.3 Å². The fourth-order valence-electron chi connectivity index (χ4n) is 2.83. The second-order valence-electron chi connectivity index (χ2n) is 6.38. The van der Waals surface area contributed by atoms with Crippen molar-refractivity contribution in [1.29, 1.82) is 0 Å². The van der Waals surface area contributed by atoms with Gasteiger partial charge in [-0.05, 0) is 43.3 Å². The minimum Gasteiger partial charge on any atom is -0.497 e. The predicted octanol–water partition coefficient (Wildman–Crippen LogP) is 2.48. The standard InChI is InChI=1S/C20H23N3O4S2/c1-21-29(25,26)13-5-12-28-20-22-18-7-4-3-6-17(18)19(24)23(20)14-15-8-10-16(27-2)11-9-15/h3-4,6-11,21H,5,12-14H2,1-2H3. The third-order valence-corrected chi connectivity index (χ3v) is 6.94. The van der Waals surface area contributed by atoms with E-state index in [1.54, 1.807) is 17.7 Å². The molecule has 3 rings (SSSR count). The molecule has 0 aliphatic rings. The maximum atomic E-state index is 13.1. The van der Waals surface area contributed by atoms with Crippen LogP contribution in [-0.2, 0) is 16.6 Å². The molecule has 1 aromatic heterocycles. The Kier molecular flexibility index (Phi) is 6.94. The first kappa shape index (κ1) is 21.4. The van der Waals surface area contributed by atoms with E-state index in [2.05, 4.69) is 9.71 Å². The number of sulfonamides is 1. The maximum absolute atomic E-state index is 13.1. The van der Waals surface area contributed by atoms with E-state index in [1.165, 1.54) is 18.8 Å². The van der Waals surface area contributed by atoms with Crippen molar-refractivity contribution in [3.63, 3.8) is 0 Å². The molecule has 1 N–H and O–H groups in total. The van der Waals surface area contributed by atoms with E-state index in [0.29, 0.717) is 34.8 Å². The topological polar surface area (TPSA) is 90.3 Å². The summed E-state index contributed by atoms with van der Waals surface area (Å²) < 4.78 is 32.3. The van der Waals surface area contributed by atoms with Gasteiger partial charge in [-0.3, -0.25) is 9.36 Å². The minimum absolute atomic E-state index is 0.0345.